The van der Waals surface area contributed by atoms with Crippen LogP contribution in [0.4, 0.5) is 0 Å². The molecule has 2 aromatic heterocycles. The summed E-state index contributed by atoms with van der Waals surface area (Å²) >= 11 is 1.58. The van der Waals surface area contributed by atoms with Crippen LogP contribution in [0.15, 0.2) is 17.8 Å². The average molecular weight is 150 g/mol. The van der Waals surface area contributed by atoms with E-state index >= 15 is 0 Å². The molecule has 10 heavy (non-hydrogen) atoms. The topological polar surface area (TPSA) is 25.8 Å². The van der Waals surface area contributed by atoms with Crippen LogP contribution in [0.1, 0.15) is 5.56 Å². The van der Waals surface area contributed by atoms with E-state index in [-0.39, 0.29) is 0 Å². The Hall–Kier alpha value is -0.960. The highest BCUT2D eigenvalue weighted by molar-refractivity contribution is 7.16. The van der Waals surface area contributed by atoms with E-state index in [2.05, 4.69) is 9.97 Å². The van der Waals surface area contributed by atoms with Gasteiger partial charge in [-0.2, -0.15) is 0 Å². The highest BCUT2D eigenvalue weighted by atomic mass is 32.1. The number of fused-ring (bicyclic) bond motifs is 1. The summed E-state index contributed by atoms with van der Waals surface area (Å²) in [4.78, 5) is 9.36. The normalized spacial score (nSPS) is 10.5. The monoisotopic (exact) mass is 150 g/mol. The summed E-state index contributed by atoms with van der Waals surface area (Å²) in [5, 5.41) is 0. The van der Waals surface area contributed by atoms with Crippen LogP contribution in [0.2, 0.25) is 0 Å². The van der Waals surface area contributed by atoms with Gasteiger partial charge in [0.1, 0.15) is 10.3 Å². The Morgan fingerprint density at radius 3 is 3.10 bits per heavy atom. The number of thiazole rings is 1. The molecule has 0 saturated heterocycles. The maximum absolute atomic E-state index is 4.17. The predicted molar refractivity (Wildman–Crippen MR) is 42.2 cm³/mol. The molecule has 2 aromatic rings. The number of nitrogens with zero attached hydrogens (tertiary/aromatic N) is 2. The minimum atomic E-state index is 1.03. The number of pyridine rings is 1. The van der Waals surface area contributed by atoms with Gasteiger partial charge in [-0.05, 0) is 18.6 Å². The van der Waals surface area contributed by atoms with Crippen molar-refractivity contribution in [2.45, 2.75) is 6.92 Å². The average Bonchev–Trinajstić information content (AvgIpc) is 2.36. The van der Waals surface area contributed by atoms with E-state index < -0.39 is 0 Å². The van der Waals surface area contributed by atoms with Gasteiger partial charge < -0.3 is 0 Å². The molecule has 50 valence electrons. The van der Waals surface area contributed by atoms with Crippen LogP contribution in [-0.2, 0) is 0 Å². The minimum Gasteiger partial charge on any atom is -0.244 e. The van der Waals surface area contributed by atoms with Gasteiger partial charge in [-0.3, -0.25) is 0 Å². The number of rotatable bonds is 0. The zero-order valence-corrected chi connectivity index (χ0v) is 6.35. The van der Waals surface area contributed by atoms with Crippen LogP contribution in [-0.4, -0.2) is 9.97 Å². The lowest BCUT2D eigenvalue weighted by Crippen LogP contribution is -1.76. The summed E-state index contributed by atoms with van der Waals surface area (Å²) in [5.41, 5.74) is 4.06. The summed E-state index contributed by atoms with van der Waals surface area (Å²) < 4.78 is 0. The first-order chi connectivity index (χ1) is 4.88. The molecule has 2 heterocycles. The standard InChI is InChI=1S/C7H6N2S/c1-5-2-3-8-7-6(5)9-4-10-7/h2-4H,1H3. The maximum Gasteiger partial charge on any atom is 0.143 e. The van der Waals surface area contributed by atoms with Crippen molar-refractivity contribution < 1.29 is 0 Å². The van der Waals surface area contributed by atoms with Gasteiger partial charge in [-0.25, -0.2) is 9.97 Å². The molecule has 2 rings (SSSR count). The van der Waals surface area contributed by atoms with Crippen molar-refractivity contribution >= 4 is 21.7 Å². The van der Waals surface area contributed by atoms with Crippen LogP contribution in [0.5, 0.6) is 0 Å². The first-order valence-corrected chi connectivity index (χ1v) is 3.91. The van der Waals surface area contributed by atoms with Crippen LogP contribution in [0.25, 0.3) is 10.3 Å². The van der Waals surface area contributed by atoms with Crippen LogP contribution in [0, 0.1) is 6.92 Å². The molecule has 0 aliphatic carbocycles. The quantitative estimate of drug-likeness (QED) is 0.574. The molecule has 0 aliphatic rings. The Labute approximate surface area is 62.6 Å². The van der Waals surface area contributed by atoms with E-state index in [0.29, 0.717) is 0 Å². The lowest BCUT2D eigenvalue weighted by atomic mass is 10.3. The zero-order chi connectivity index (χ0) is 6.97. The summed E-state index contributed by atoms with van der Waals surface area (Å²) in [6.07, 6.45) is 1.82. The van der Waals surface area contributed by atoms with Crippen molar-refractivity contribution in [2.75, 3.05) is 0 Å². The highest BCUT2D eigenvalue weighted by Gasteiger charge is 1.97. The van der Waals surface area contributed by atoms with Crippen molar-refractivity contribution in [1.29, 1.82) is 0 Å². The van der Waals surface area contributed by atoms with Crippen molar-refractivity contribution in [3.05, 3.63) is 23.3 Å². The van der Waals surface area contributed by atoms with Gasteiger partial charge in [-0.1, -0.05) is 0 Å². The van der Waals surface area contributed by atoms with Crippen LogP contribution >= 0.6 is 11.3 Å². The van der Waals surface area contributed by atoms with Gasteiger partial charge in [0.05, 0.1) is 5.51 Å². The van der Waals surface area contributed by atoms with Gasteiger partial charge in [0.25, 0.3) is 0 Å². The molecule has 0 N–H and O–H groups in total. The molecular formula is C7H6N2S. The summed E-state index contributed by atoms with van der Waals surface area (Å²) in [6, 6.07) is 1.97. The fourth-order valence-corrected chi connectivity index (χ4v) is 1.60. The molecule has 0 unspecified atom stereocenters. The van der Waals surface area contributed by atoms with Crippen LogP contribution < -0.4 is 0 Å². The molecule has 0 bridgehead atoms. The third-order valence-electron chi connectivity index (χ3n) is 1.44. The van der Waals surface area contributed by atoms with Gasteiger partial charge in [0, 0.05) is 6.20 Å². The molecule has 0 aliphatic heterocycles. The second-order valence-corrected chi connectivity index (χ2v) is 2.97. The van der Waals surface area contributed by atoms with E-state index in [1.165, 1.54) is 5.56 Å². The molecule has 3 heteroatoms. The van der Waals surface area contributed by atoms with E-state index in [0.717, 1.165) is 10.3 Å². The van der Waals surface area contributed by atoms with Crippen molar-refractivity contribution in [1.82, 2.24) is 9.97 Å². The first-order valence-electron chi connectivity index (χ1n) is 3.03. The molecule has 0 fully saturated rings. The van der Waals surface area contributed by atoms with Crippen molar-refractivity contribution in [2.24, 2.45) is 0 Å². The Morgan fingerprint density at radius 1 is 1.40 bits per heavy atom. The molecular weight excluding hydrogens is 144 g/mol. The first kappa shape index (κ1) is 5.80. The Bertz CT molecular complexity index is 353. The number of aryl methyl sites for hydroxylation is 1. The second-order valence-electron chi connectivity index (χ2n) is 2.13. The minimum absolute atomic E-state index is 1.03. The summed E-state index contributed by atoms with van der Waals surface area (Å²) in [6.45, 7) is 2.05. The number of hydrogen-bond donors (Lipinski definition) is 0. The molecule has 0 atom stereocenters. The number of hydrogen-bond acceptors (Lipinski definition) is 3. The smallest absolute Gasteiger partial charge is 0.143 e. The molecule has 2 nitrogen and oxygen atoms in total. The van der Waals surface area contributed by atoms with Gasteiger partial charge >= 0.3 is 0 Å². The number of aromatic nitrogens is 2. The second kappa shape index (κ2) is 2.02. The summed E-state index contributed by atoms with van der Waals surface area (Å²) in [7, 11) is 0. The van der Waals surface area contributed by atoms with E-state index in [1.807, 2.05) is 24.7 Å². The molecule has 0 amide bonds. The van der Waals surface area contributed by atoms with E-state index in [9.17, 15) is 0 Å². The SMILES string of the molecule is Cc1ccnc2scnc12. The third kappa shape index (κ3) is 0.708. The molecule has 0 aromatic carbocycles. The van der Waals surface area contributed by atoms with Gasteiger partial charge in [-0.15, -0.1) is 11.3 Å². The fraction of sp³-hybridized carbons (Fsp3) is 0.143. The predicted octanol–water partition coefficient (Wildman–Crippen LogP) is 2.00. The maximum atomic E-state index is 4.17. The highest BCUT2D eigenvalue weighted by Crippen LogP contribution is 2.16. The third-order valence-corrected chi connectivity index (χ3v) is 2.17. The zero-order valence-electron chi connectivity index (χ0n) is 5.53. The van der Waals surface area contributed by atoms with E-state index in [1.54, 1.807) is 11.3 Å². The lowest BCUT2D eigenvalue weighted by Gasteiger charge is -1.89. The van der Waals surface area contributed by atoms with Crippen LogP contribution in [0.3, 0.4) is 0 Å². The Kier molecular flexibility index (Phi) is 1.17. The van der Waals surface area contributed by atoms with Gasteiger partial charge in [0.15, 0.2) is 0 Å². The molecule has 0 radical (unpaired) electrons. The summed E-state index contributed by atoms with van der Waals surface area (Å²) in [5.74, 6) is 0. The van der Waals surface area contributed by atoms with Crippen molar-refractivity contribution in [3.63, 3.8) is 0 Å². The van der Waals surface area contributed by atoms with E-state index in [4.69, 9.17) is 0 Å². The lowest BCUT2D eigenvalue weighted by molar-refractivity contribution is 1.35. The Morgan fingerprint density at radius 2 is 2.30 bits per heavy atom. The molecule has 0 saturated carbocycles. The fourth-order valence-electron chi connectivity index (χ4n) is 0.898. The Balaban J connectivity index is 2.95. The van der Waals surface area contributed by atoms with Crippen molar-refractivity contribution in [3.8, 4) is 0 Å². The largest absolute Gasteiger partial charge is 0.244 e. The van der Waals surface area contributed by atoms with Gasteiger partial charge in [0.2, 0.25) is 0 Å². The molecule has 0 spiro atoms.